The van der Waals surface area contributed by atoms with Crippen molar-refractivity contribution in [3.05, 3.63) is 29.8 Å². The molecule has 0 radical (unpaired) electrons. The molecular formula is C19H30IN3O. The number of aliphatic imine (C=N–C) groups is 1. The summed E-state index contributed by atoms with van der Waals surface area (Å²) in [5, 5.41) is 6.96. The molecule has 0 atom stereocenters. The summed E-state index contributed by atoms with van der Waals surface area (Å²) in [5.41, 5.74) is 1.67. The minimum absolute atomic E-state index is 0. The minimum Gasteiger partial charge on any atom is -0.496 e. The topological polar surface area (TPSA) is 45.7 Å². The van der Waals surface area contributed by atoms with Crippen molar-refractivity contribution in [2.45, 2.75) is 45.6 Å². The largest absolute Gasteiger partial charge is 0.496 e. The second-order valence-electron chi connectivity index (χ2n) is 6.85. The first-order valence-corrected chi connectivity index (χ1v) is 8.91. The number of hydrogen-bond donors (Lipinski definition) is 2. The van der Waals surface area contributed by atoms with Gasteiger partial charge in [-0.25, -0.2) is 4.99 Å². The number of para-hydroxylation sites is 1. The fourth-order valence-corrected chi connectivity index (χ4v) is 3.66. The fraction of sp³-hybridized carbons (Fsp3) is 0.632. The lowest BCUT2D eigenvalue weighted by Gasteiger charge is -2.43. The summed E-state index contributed by atoms with van der Waals surface area (Å²) in [6.45, 7) is 4.69. The molecule has 0 heterocycles. The molecule has 5 heteroatoms. The van der Waals surface area contributed by atoms with Gasteiger partial charge in [0.05, 0.1) is 13.7 Å². The normalized spacial score (nSPS) is 19.0. The zero-order chi connectivity index (χ0) is 16.1. The second kappa shape index (κ2) is 8.92. The highest BCUT2D eigenvalue weighted by Gasteiger charge is 2.48. The van der Waals surface area contributed by atoms with E-state index in [1.54, 1.807) is 7.11 Å². The summed E-state index contributed by atoms with van der Waals surface area (Å²) in [6.07, 6.45) is 7.02. The lowest BCUT2D eigenvalue weighted by Crippen LogP contribution is -2.47. The zero-order valence-corrected chi connectivity index (χ0v) is 17.1. The second-order valence-corrected chi connectivity index (χ2v) is 6.85. The van der Waals surface area contributed by atoms with Gasteiger partial charge in [-0.15, -0.1) is 24.0 Å². The van der Waals surface area contributed by atoms with E-state index in [9.17, 15) is 0 Å². The molecule has 2 N–H and O–H groups in total. The number of benzene rings is 1. The molecule has 2 aliphatic carbocycles. The van der Waals surface area contributed by atoms with Crippen LogP contribution in [0.25, 0.3) is 0 Å². The lowest BCUT2D eigenvalue weighted by molar-refractivity contribution is 0.106. The summed E-state index contributed by atoms with van der Waals surface area (Å²) < 4.78 is 5.41. The van der Waals surface area contributed by atoms with Crippen LogP contribution in [0.5, 0.6) is 5.75 Å². The van der Waals surface area contributed by atoms with Gasteiger partial charge < -0.3 is 15.4 Å². The Hall–Kier alpha value is -0.980. The molecule has 1 aromatic rings. The molecule has 134 valence electrons. The Bertz CT molecular complexity index is 553. The molecule has 0 aromatic heterocycles. The lowest BCUT2D eigenvalue weighted by atomic mass is 9.65. The van der Waals surface area contributed by atoms with Crippen molar-refractivity contribution in [1.29, 1.82) is 0 Å². The Morgan fingerprint density at radius 1 is 1.25 bits per heavy atom. The third-order valence-electron chi connectivity index (χ3n) is 5.34. The van der Waals surface area contributed by atoms with Crippen LogP contribution in [0.2, 0.25) is 0 Å². The van der Waals surface area contributed by atoms with Crippen molar-refractivity contribution in [3.8, 4) is 5.75 Å². The van der Waals surface area contributed by atoms with Crippen molar-refractivity contribution in [2.24, 2.45) is 16.3 Å². The van der Waals surface area contributed by atoms with Gasteiger partial charge in [0.2, 0.25) is 0 Å². The van der Waals surface area contributed by atoms with Gasteiger partial charge in [-0.2, -0.15) is 0 Å². The number of guanidine groups is 1. The van der Waals surface area contributed by atoms with E-state index in [2.05, 4.69) is 23.6 Å². The van der Waals surface area contributed by atoms with Gasteiger partial charge >= 0.3 is 0 Å². The first-order chi connectivity index (χ1) is 11.3. The van der Waals surface area contributed by atoms with E-state index in [1.807, 2.05) is 18.2 Å². The third-order valence-corrected chi connectivity index (χ3v) is 5.34. The maximum absolute atomic E-state index is 5.41. The van der Waals surface area contributed by atoms with Crippen LogP contribution < -0.4 is 15.4 Å². The van der Waals surface area contributed by atoms with Crippen LogP contribution in [0, 0.1) is 11.3 Å². The predicted octanol–water partition coefficient (Wildman–Crippen LogP) is 3.95. The third kappa shape index (κ3) is 4.55. The highest BCUT2D eigenvalue weighted by atomic mass is 127. The average molecular weight is 443 g/mol. The molecule has 2 saturated carbocycles. The van der Waals surface area contributed by atoms with Gasteiger partial charge in [0.25, 0.3) is 0 Å². The molecule has 0 spiro atoms. The molecule has 3 rings (SSSR count). The van der Waals surface area contributed by atoms with E-state index in [4.69, 9.17) is 9.73 Å². The van der Waals surface area contributed by atoms with E-state index < -0.39 is 0 Å². The zero-order valence-electron chi connectivity index (χ0n) is 14.8. The van der Waals surface area contributed by atoms with Crippen molar-refractivity contribution < 1.29 is 4.74 Å². The van der Waals surface area contributed by atoms with E-state index >= 15 is 0 Å². The van der Waals surface area contributed by atoms with Crippen LogP contribution in [-0.2, 0) is 6.54 Å². The van der Waals surface area contributed by atoms with Crippen molar-refractivity contribution in [1.82, 2.24) is 10.6 Å². The van der Waals surface area contributed by atoms with E-state index in [0.29, 0.717) is 12.0 Å². The number of rotatable bonds is 7. The van der Waals surface area contributed by atoms with Crippen LogP contribution in [-0.4, -0.2) is 26.2 Å². The summed E-state index contributed by atoms with van der Waals surface area (Å²) in [7, 11) is 1.71. The number of hydrogen-bond acceptors (Lipinski definition) is 2. The SMILES string of the molecule is CCNC(=NCc1ccccc1OC)NCC1(C2CC2)CCC1.I. The first kappa shape index (κ1) is 19.3. The maximum Gasteiger partial charge on any atom is 0.191 e. The van der Waals surface area contributed by atoms with E-state index in [0.717, 1.165) is 36.3 Å². The summed E-state index contributed by atoms with van der Waals surface area (Å²) >= 11 is 0. The van der Waals surface area contributed by atoms with Crippen LogP contribution in [0.15, 0.2) is 29.3 Å². The molecule has 1 aromatic carbocycles. The summed E-state index contributed by atoms with van der Waals surface area (Å²) in [4.78, 5) is 4.75. The smallest absolute Gasteiger partial charge is 0.191 e. The molecule has 0 aliphatic heterocycles. The Morgan fingerprint density at radius 3 is 2.58 bits per heavy atom. The molecule has 0 saturated heterocycles. The van der Waals surface area contributed by atoms with Gasteiger partial charge in [0.15, 0.2) is 5.96 Å². The molecule has 0 unspecified atom stereocenters. The van der Waals surface area contributed by atoms with Gasteiger partial charge in [0.1, 0.15) is 5.75 Å². The van der Waals surface area contributed by atoms with Crippen molar-refractivity contribution in [3.63, 3.8) is 0 Å². The van der Waals surface area contributed by atoms with Gasteiger partial charge in [-0.05, 0) is 50.0 Å². The maximum atomic E-state index is 5.41. The number of methoxy groups -OCH3 is 1. The Morgan fingerprint density at radius 2 is 2.00 bits per heavy atom. The Labute approximate surface area is 162 Å². The van der Waals surface area contributed by atoms with Gasteiger partial charge in [-0.3, -0.25) is 0 Å². The molecular weight excluding hydrogens is 413 g/mol. The number of ether oxygens (including phenoxy) is 1. The van der Waals surface area contributed by atoms with E-state index in [-0.39, 0.29) is 24.0 Å². The molecule has 0 bridgehead atoms. The predicted molar refractivity (Wildman–Crippen MR) is 110 cm³/mol. The Balaban J connectivity index is 0.00000208. The molecule has 2 aliphatic rings. The van der Waals surface area contributed by atoms with Crippen LogP contribution >= 0.6 is 24.0 Å². The van der Waals surface area contributed by atoms with Crippen LogP contribution in [0.4, 0.5) is 0 Å². The summed E-state index contributed by atoms with van der Waals surface area (Å²) in [6, 6.07) is 8.08. The Kier molecular flexibility index (Phi) is 7.19. The van der Waals surface area contributed by atoms with Gasteiger partial charge in [0, 0.05) is 18.7 Å². The number of nitrogens with zero attached hydrogens (tertiary/aromatic N) is 1. The number of halogens is 1. The quantitative estimate of drug-likeness (QED) is 0.381. The average Bonchev–Trinajstić information content (AvgIpc) is 3.37. The van der Waals surface area contributed by atoms with Crippen molar-refractivity contribution in [2.75, 3.05) is 20.2 Å². The highest BCUT2D eigenvalue weighted by molar-refractivity contribution is 14.0. The highest BCUT2D eigenvalue weighted by Crippen LogP contribution is 2.56. The van der Waals surface area contributed by atoms with Gasteiger partial charge in [-0.1, -0.05) is 24.6 Å². The fourth-order valence-electron chi connectivity index (χ4n) is 3.66. The minimum atomic E-state index is 0. The van der Waals surface area contributed by atoms with Crippen LogP contribution in [0.3, 0.4) is 0 Å². The van der Waals surface area contributed by atoms with E-state index in [1.165, 1.54) is 32.1 Å². The molecule has 2 fully saturated rings. The number of nitrogens with one attached hydrogen (secondary N) is 2. The monoisotopic (exact) mass is 443 g/mol. The van der Waals surface area contributed by atoms with Crippen molar-refractivity contribution >= 4 is 29.9 Å². The first-order valence-electron chi connectivity index (χ1n) is 8.91. The molecule has 4 nitrogen and oxygen atoms in total. The molecule has 0 amide bonds. The summed E-state index contributed by atoms with van der Waals surface area (Å²) in [5.74, 6) is 2.78. The standard InChI is InChI=1S/C19H29N3O.HI/c1-3-20-18(21-13-15-7-4-5-8-17(15)23-2)22-14-19(11-6-12-19)16-9-10-16;/h4-5,7-8,16H,3,6,9-14H2,1-2H3,(H2,20,21,22);1H. The van der Waals surface area contributed by atoms with Crippen LogP contribution in [0.1, 0.15) is 44.6 Å². The molecule has 24 heavy (non-hydrogen) atoms.